The monoisotopic (exact) mass is 447 g/mol. The summed E-state index contributed by atoms with van der Waals surface area (Å²) in [5.41, 5.74) is 0. The zero-order chi connectivity index (χ0) is 16.3. The van der Waals surface area contributed by atoms with Gasteiger partial charge in [0.25, 0.3) is 0 Å². The van der Waals surface area contributed by atoms with Crippen molar-refractivity contribution in [2.45, 2.75) is 0 Å². The van der Waals surface area contributed by atoms with Crippen LogP contribution in [0.3, 0.4) is 0 Å². The number of hydrogen-bond donors (Lipinski definition) is 0. The Morgan fingerprint density at radius 2 is 0.545 bits per heavy atom. The molecule has 0 saturated heterocycles. The zero-order valence-electron chi connectivity index (χ0n) is 11.1. The molecule has 0 aromatic carbocycles. The normalized spacial score (nSPS) is 8.59. The summed E-state index contributed by atoms with van der Waals surface area (Å²) in [5.74, 6) is 0. The van der Waals surface area contributed by atoms with Gasteiger partial charge in [-0.3, -0.25) is 0 Å². The molecule has 0 aliphatic heterocycles. The van der Waals surface area contributed by atoms with Crippen LogP contribution >= 0.6 is 29.1 Å². The molecule has 3 rings (SSSR count). The second-order valence-corrected chi connectivity index (χ2v) is 10.8. The average molecular weight is 448 g/mol. The van der Waals surface area contributed by atoms with E-state index in [1.54, 1.807) is 37.2 Å². The fourth-order valence-electron chi connectivity index (χ4n) is 0.760. The molecule has 0 amide bonds. The van der Waals surface area contributed by atoms with Crippen LogP contribution in [0.4, 0.5) is 0 Å². The molecule has 0 aliphatic carbocycles. The van der Waals surface area contributed by atoms with E-state index in [2.05, 4.69) is 30.6 Å². The molecule has 0 aliphatic rings. The number of halogens is 3. The first-order valence-electron chi connectivity index (χ1n) is 5.55. The topological polar surface area (TPSA) is 77.3 Å². The van der Waals surface area contributed by atoms with E-state index in [1.807, 2.05) is 36.4 Å². The molecule has 0 fully saturated rings. The van der Waals surface area contributed by atoms with Crippen molar-refractivity contribution in [1.82, 2.24) is 30.6 Å². The Kier molecular flexibility index (Phi) is 16.8. The Balaban J connectivity index is 0.000000271. The molecular weight excluding hydrogens is 436 g/mol. The van der Waals surface area contributed by atoms with Gasteiger partial charge in [-0.15, -0.1) is 0 Å². The van der Waals surface area contributed by atoms with Gasteiger partial charge in [0.2, 0.25) is 0 Å². The van der Waals surface area contributed by atoms with Crippen molar-refractivity contribution in [2.24, 2.45) is 0 Å². The smallest absolute Gasteiger partial charge is 0.0496 e. The summed E-state index contributed by atoms with van der Waals surface area (Å²) in [6.07, 6.45) is 9.83. The fourth-order valence-corrected chi connectivity index (χ4v) is 0.760. The van der Waals surface area contributed by atoms with Crippen LogP contribution in [0.5, 0.6) is 0 Å². The summed E-state index contributed by atoms with van der Waals surface area (Å²) in [5, 5.41) is 21.2. The molecular formula is C12H12Cl3N6Ru. The van der Waals surface area contributed by atoms with Crippen LogP contribution in [0.15, 0.2) is 73.6 Å². The maximum atomic E-state index is 4.95. The van der Waals surface area contributed by atoms with Gasteiger partial charge in [-0.2, -0.15) is 30.6 Å². The zero-order valence-corrected chi connectivity index (χ0v) is 15.1. The van der Waals surface area contributed by atoms with Crippen LogP contribution in [0.25, 0.3) is 0 Å². The second-order valence-electron chi connectivity index (χ2n) is 2.89. The van der Waals surface area contributed by atoms with Gasteiger partial charge >= 0.3 is 42.1 Å². The molecule has 0 N–H and O–H groups in total. The van der Waals surface area contributed by atoms with Gasteiger partial charge in [-0.25, -0.2) is 0 Å². The summed E-state index contributed by atoms with van der Waals surface area (Å²) < 4.78 is 0. The number of rotatable bonds is 0. The van der Waals surface area contributed by atoms with E-state index in [1.165, 1.54) is 0 Å². The van der Waals surface area contributed by atoms with Crippen molar-refractivity contribution in [2.75, 3.05) is 0 Å². The third kappa shape index (κ3) is 21.0. The van der Waals surface area contributed by atoms with Gasteiger partial charge in [0.05, 0.1) is 0 Å². The first-order chi connectivity index (χ1) is 10.7. The summed E-state index contributed by atoms with van der Waals surface area (Å²) >= 11 is -1.75. The van der Waals surface area contributed by atoms with E-state index in [0.717, 1.165) is 0 Å². The van der Waals surface area contributed by atoms with Crippen molar-refractivity contribution in [3.8, 4) is 0 Å². The van der Waals surface area contributed by atoms with Crippen molar-refractivity contribution in [3.05, 3.63) is 73.6 Å². The van der Waals surface area contributed by atoms with E-state index in [0.29, 0.717) is 0 Å². The van der Waals surface area contributed by atoms with Crippen molar-refractivity contribution in [1.29, 1.82) is 0 Å². The number of hydrogen-bond acceptors (Lipinski definition) is 6. The molecule has 0 radical (unpaired) electrons. The van der Waals surface area contributed by atoms with Crippen LogP contribution in [-0.4, -0.2) is 30.6 Å². The van der Waals surface area contributed by atoms with Gasteiger partial charge in [0.15, 0.2) is 0 Å². The van der Waals surface area contributed by atoms with Gasteiger partial charge in [-0.1, -0.05) is 0 Å². The van der Waals surface area contributed by atoms with E-state index in [-0.39, 0.29) is 0 Å². The third-order valence-electron chi connectivity index (χ3n) is 1.45. The number of nitrogens with zero attached hydrogens (tertiary/aromatic N) is 6. The molecule has 0 unspecified atom stereocenters. The maximum absolute atomic E-state index is 4.95. The Morgan fingerprint density at radius 1 is 0.409 bits per heavy atom. The van der Waals surface area contributed by atoms with Gasteiger partial charge in [0.1, 0.15) is 0 Å². The minimum absolute atomic E-state index is 1.64. The van der Waals surface area contributed by atoms with Crippen LogP contribution in [-0.2, 0) is 13.0 Å². The van der Waals surface area contributed by atoms with Gasteiger partial charge < -0.3 is 0 Å². The summed E-state index contributed by atoms with van der Waals surface area (Å²) in [7, 11) is 14.8. The first kappa shape index (κ1) is 20.7. The molecule has 6 nitrogen and oxygen atoms in total. The van der Waals surface area contributed by atoms with E-state index in [9.17, 15) is 0 Å². The number of aromatic nitrogens is 6. The minimum Gasteiger partial charge on any atom is -0.159 e. The quantitative estimate of drug-likeness (QED) is 0.491. The maximum Gasteiger partial charge on any atom is 0.0496 e. The first-order valence-corrected chi connectivity index (χ1v) is 12.3. The Morgan fingerprint density at radius 3 is 0.591 bits per heavy atom. The van der Waals surface area contributed by atoms with Crippen LogP contribution in [0.1, 0.15) is 0 Å². The standard InChI is InChI=1S/3C4H4N2.3ClH.Ru/c3*1-2-4-6-5-3-1;;;;/h3*1-4H;3*1H;/q;;;;;;+3/p-3. The predicted molar refractivity (Wildman–Crippen MR) is 83.7 cm³/mol. The van der Waals surface area contributed by atoms with E-state index >= 15 is 0 Å². The summed E-state index contributed by atoms with van der Waals surface area (Å²) in [4.78, 5) is 0. The minimum atomic E-state index is -1.75. The largest absolute Gasteiger partial charge is 0.159 e. The molecule has 0 saturated carbocycles. The van der Waals surface area contributed by atoms with Crippen LogP contribution < -0.4 is 0 Å². The average Bonchev–Trinajstić information content (AvgIpc) is 2.60. The van der Waals surface area contributed by atoms with Crippen molar-refractivity contribution < 1.29 is 13.0 Å². The Bertz CT molecular complexity index is 363. The molecule has 10 heteroatoms. The Hall–Kier alpha value is -1.27. The molecule has 0 atom stereocenters. The Labute approximate surface area is 145 Å². The van der Waals surface area contributed by atoms with E-state index < -0.39 is 13.0 Å². The summed E-state index contributed by atoms with van der Waals surface area (Å²) in [6, 6.07) is 11.0. The third-order valence-corrected chi connectivity index (χ3v) is 1.45. The fraction of sp³-hybridized carbons (Fsp3) is 0. The van der Waals surface area contributed by atoms with Crippen LogP contribution in [0, 0.1) is 0 Å². The van der Waals surface area contributed by atoms with Gasteiger partial charge in [0, 0.05) is 37.2 Å². The van der Waals surface area contributed by atoms with E-state index in [4.69, 9.17) is 29.1 Å². The summed E-state index contributed by atoms with van der Waals surface area (Å²) in [6.45, 7) is 0. The molecule has 22 heavy (non-hydrogen) atoms. The van der Waals surface area contributed by atoms with Crippen molar-refractivity contribution in [3.63, 3.8) is 0 Å². The van der Waals surface area contributed by atoms with Crippen molar-refractivity contribution >= 4 is 29.1 Å². The second kappa shape index (κ2) is 17.8. The van der Waals surface area contributed by atoms with Crippen LogP contribution in [0.2, 0.25) is 0 Å². The SMILES string of the molecule is [Cl][Ru]([Cl])[Cl].c1ccnnc1.c1ccnnc1.c1ccnnc1. The molecule has 0 bridgehead atoms. The molecule has 3 aromatic rings. The molecule has 0 spiro atoms. The predicted octanol–water partition coefficient (Wildman–Crippen LogP) is 3.50. The molecule has 3 aromatic heterocycles. The van der Waals surface area contributed by atoms with Gasteiger partial charge in [-0.05, 0) is 36.4 Å². The molecule has 119 valence electrons. The molecule has 3 heterocycles.